The van der Waals surface area contributed by atoms with E-state index in [0.717, 1.165) is 18.2 Å². The minimum absolute atomic E-state index is 0.256. The Labute approximate surface area is 206 Å². The molecule has 1 aliphatic heterocycles. The monoisotopic (exact) mass is 530 g/mol. The average Bonchev–Trinajstić information content (AvgIpc) is 2.78. The number of halogens is 2. The van der Waals surface area contributed by atoms with Gasteiger partial charge < -0.3 is 19.7 Å². The Morgan fingerprint density at radius 1 is 1.18 bits per heavy atom. The first kappa shape index (κ1) is 24.2. The summed E-state index contributed by atoms with van der Waals surface area (Å²) in [5, 5.41) is 3.81. The Bertz CT molecular complexity index is 1180. The van der Waals surface area contributed by atoms with Crippen LogP contribution in [0.3, 0.4) is 0 Å². The van der Waals surface area contributed by atoms with E-state index in [0.29, 0.717) is 52.9 Å². The van der Waals surface area contributed by atoms with Gasteiger partial charge in [-0.1, -0.05) is 15.9 Å². The average molecular weight is 531 g/mol. The van der Waals surface area contributed by atoms with E-state index in [1.807, 2.05) is 39.0 Å². The lowest BCUT2D eigenvalue weighted by Gasteiger charge is -2.33. The van der Waals surface area contributed by atoms with Gasteiger partial charge in [0.25, 0.3) is 0 Å². The van der Waals surface area contributed by atoms with E-state index in [9.17, 15) is 9.18 Å². The molecule has 1 aromatic heterocycles. The number of carbonyl (C=O) groups is 1. The quantitative estimate of drug-likeness (QED) is 0.417. The highest BCUT2D eigenvalue weighted by Gasteiger charge is 2.27. The highest BCUT2D eigenvalue weighted by molar-refractivity contribution is 9.10. The van der Waals surface area contributed by atoms with Crippen LogP contribution in [0.4, 0.5) is 20.7 Å². The number of nitrogens with zero attached hydrogens (tertiary/aromatic N) is 3. The summed E-state index contributed by atoms with van der Waals surface area (Å²) in [6.07, 6.45) is 2.91. The molecule has 4 rings (SSSR count). The van der Waals surface area contributed by atoms with Gasteiger partial charge in [-0.15, -0.1) is 0 Å². The number of rotatable bonds is 5. The minimum Gasteiger partial charge on any atom is -0.493 e. The van der Waals surface area contributed by atoms with E-state index in [4.69, 9.17) is 9.47 Å². The number of carbonyl (C=O) groups excluding carboxylic acids is 1. The van der Waals surface area contributed by atoms with E-state index in [2.05, 4.69) is 31.2 Å². The number of anilines is 2. The molecule has 0 radical (unpaired) electrons. The fourth-order valence-electron chi connectivity index (χ4n) is 3.77. The van der Waals surface area contributed by atoms with Crippen LogP contribution in [0.5, 0.6) is 5.75 Å². The molecule has 7 nitrogen and oxygen atoms in total. The molecule has 0 bridgehead atoms. The zero-order valence-electron chi connectivity index (χ0n) is 19.5. The molecule has 0 spiro atoms. The van der Waals surface area contributed by atoms with Gasteiger partial charge in [0, 0.05) is 29.0 Å². The predicted octanol–water partition coefficient (Wildman–Crippen LogP) is 6.30. The Morgan fingerprint density at radius 3 is 2.65 bits per heavy atom. The molecule has 1 aliphatic rings. The van der Waals surface area contributed by atoms with Crippen LogP contribution in [0, 0.1) is 11.7 Å². The van der Waals surface area contributed by atoms with Crippen LogP contribution in [-0.4, -0.2) is 46.3 Å². The largest absolute Gasteiger partial charge is 0.493 e. The van der Waals surface area contributed by atoms with Crippen molar-refractivity contribution in [1.29, 1.82) is 0 Å². The van der Waals surface area contributed by atoms with Gasteiger partial charge >= 0.3 is 6.09 Å². The van der Waals surface area contributed by atoms with Crippen molar-refractivity contribution in [3.05, 3.63) is 53.0 Å². The maximum absolute atomic E-state index is 14.2. The summed E-state index contributed by atoms with van der Waals surface area (Å²) in [4.78, 5) is 22.6. The molecule has 1 amide bonds. The van der Waals surface area contributed by atoms with Crippen molar-refractivity contribution in [2.75, 3.05) is 25.0 Å². The summed E-state index contributed by atoms with van der Waals surface area (Å²) in [6, 6.07) is 10.4. The van der Waals surface area contributed by atoms with Gasteiger partial charge in [0.1, 0.15) is 29.3 Å². The number of ether oxygens (including phenoxy) is 2. The van der Waals surface area contributed by atoms with Crippen molar-refractivity contribution in [1.82, 2.24) is 14.9 Å². The van der Waals surface area contributed by atoms with Crippen molar-refractivity contribution in [3.63, 3.8) is 0 Å². The second-order valence-corrected chi connectivity index (χ2v) is 10.3. The van der Waals surface area contributed by atoms with Gasteiger partial charge in [0.05, 0.1) is 17.8 Å². The number of hydrogen-bond acceptors (Lipinski definition) is 6. The summed E-state index contributed by atoms with van der Waals surface area (Å²) >= 11 is 3.26. The van der Waals surface area contributed by atoms with Crippen molar-refractivity contribution < 1.29 is 18.7 Å². The maximum atomic E-state index is 14.2. The summed E-state index contributed by atoms with van der Waals surface area (Å²) in [5.74, 6) is 1.21. The van der Waals surface area contributed by atoms with Crippen LogP contribution in [0.1, 0.15) is 33.6 Å². The van der Waals surface area contributed by atoms with Crippen molar-refractivity contribution in [2.24, 2.45) is 5.92 Å². The van der Waals surface area contributed by atoms with Crippen molar-refractivity contribution in [2.45, 2.75) is 39.2 Å². The van der Waals surface area contributed by atoms with E-state index in [1.54, 1.807) is 17.0 Å². The highest BCUT2D eigenvalue weighted by atomic mass is 79.9. The van der Waals surface area contributed by atoms with Crippen LogP contribution in [0.2, 0.25) is 0 Å². The number of piperidine rings is 1. The van der Waals surface area contributed by atoms with Crippen molar-refractivity contribution >= 4 is 44.4 Å². The molecule has 0 saturated carbocycles. The normalized spacial score (nSPS) is 14.8. The standard InChI is InChI=1S/C25H28BrFN4O3/c1-25(2,3)34-24(32)31-10-8-16(9-11-31)14-33-18-5-6-19-22(13-18)28-15-29-23(19)30-21-7-4-17(26)12-20(21)27/h4-7,12-13,15-16H,8-11,14H2,1-3H3,(H,28,29,30). The zero-order chi connectivity index (χ0) is 24.3. The molecule has 3 aromatic rings. The fraction of sp³-hybridized carbons (Fsp3) is 0.400. The Hall–Kier alpha value is -2.94. The van der Waals surface area contributed by atoms with Gasteiger partial charge in [0.15, 0.2) is 0 Å². The van der Waals surface area contributed by atoms with Crippen LogP contribution in [0.15, 0.2) is 47.2 Å². The summed E-state index contributed by atoms with van der Waals surface area (Å²) < 4.78 is 26.4. The Balaban J connectivity index is 1.35. The lowest BCUT2D eigenvalue weighted by molar-refractivity contribution is 0.0165. The third kappa shape index (κ3) is 6.14. The molecular formula is C25H28BrFN4O3. The highest BCUT2D eigenvalue weighted by Crippen LogP contribution is 2.29. The van der Waals surface area contributed by atoms with E-state index >= 15 is 0 Å². The summed E-state index contributed by atoms with van der Waals surface area (Å²) in [5.41, 5.74) is 0.548. The number of nitrogens with one attached hydrogen (secondary N) is 1. The second kappa shape index (κ2) is 10.1. The molecule has 2 aromatic carbocycles. The molecule has 2 heterocycles. The van der Waals surface area contributed by atoms with E-state index in [1.165, 1.54) is 12.4 Å². The summed E-state index contributed by atoms with van der Waals surface area (Å²) in [6.45, 7) is 7.51. The fourth-order valence-corrected chi connectivity index (χ4v) is 4.10. The number of likely N-dealkylation sites (tertiary alicyclic amines) is 1. The van der Waals surface area contributed by atoms with Crippen LogP contribution in [0.25, 0.3) is 10.9 Å². The Kier molecular flexibility index (Phi) is 7.21. The molecule has 0 aliphatic carbocycles. The van der Waals surface area contributed by atoms with E-state index in [-0.39, 0.29) is 11.9 Å². The molecule has 1 N–H and O–H groups in total. The molecule has 0 unspecified atom stereocenters. The molecule has 1 fully saturated rings. The van der Waals surface area contributed by atoms with Crippen LogP contribution in [-0.2, 0) is 4.74 Å². The van der Waals surface area contributed by atoms with Gasteiger partial charge in [-0.25, -0.2) is 19.2 Å². The lowest BCUT2D eigenvalue weighted by atomic mass is 9.98. The van der Waals surface area contributed by atoms with E-state index < -0.39 is 5.60 Å². The number of aromatic nitrogens is 2. The zero-order valence-corrected chi connectivity index (χ0v) is 21.1. The molecule has 1 saturated heterocycles. The van der Waals surface area contributed by atoms with Gasteiger partial charge in [0.2, 0.25) is 0 Å². The molecular weight excluding hydrogens is 503 g/mol. The molecule has 9 heteroatoms. The van der Waals surface area contributed by atoms with Gasteiger partial charge in [-0.3, -0.25) is 0 Å². The molecule has 34 heavy (non-hydrogen) atoms. The number of hydrogen-bond donors (Lipinski definition) is 1. The first-order valence-corrected chi connectivity index (χ1v) is 12.0. The number of benzene rings is 2. The Morgan fingerprint density at radius 2 is 1.94 bits per heavy atom. The van der Waals surface area contributed by atoms with Crippen LogP contribution < -0.4 is 10.1 Å². The molecule has 0 atom stereocenters. The third-order valence-electron chi connectivity index (χ3n) is 5.54. The number of amides is 1. The second-order valence-electron chi connectivity index (χ2n) is 9.37. The predicted molar refractivity (Wildman–Crippen MR) is 133 cm³/mol. The van der Waals surface area contributed by atoms with Crippen molar-refractivity contribution in [3.8, 4) is 5.75 Å². The topological polar surface area (TPSA) is 76.6 Å². The SMILES string of the molecule is CC(C)(C)OC(=O)N1CCC(COc2ccc3c(Nc4ccc(Br)cc4F)ncnc3c2)CC1. The minimum atomic E-state index is -0.488. The smallest absolute Gasteiger partial charge is 0.410 e. The third-order valence-corrected chi connectivity index (χ3v) is 6.04. The molecule has 180 valence electrons. The maximum Gasteiger partial charge on any atom is 0.410 e. The van der Waals surface area contributed by atoms with Gasteiger partial charge in [-0.2, -0.15) is 0 Å². The lowest BCUT2D eigenvalue weighted by Crippen LogP contribution is -2.42. The first-order valence-electron chi connectivity index (χ1n) is 11.3. The van der Waals surface area contributed by atoms with Crippen LogP contribution >= 0.6 is 15.9 Å². The van der Waals surface area contributed by atoms with Gasteiger partial charge in [-0.05, 0) is 69.9 Å². The first-order chi connectivity index (χ1) is 16.2. The number of fused-ring (bicyclic) bond motifs is 1. The summed E-state index contributed by atoms with van der Waals surface area (Å²) in [7, 11) is 0.